The molecule has 1 fully saturated rings. The molecule has 0 saturated carbocycles. The Morgan fingerprint density at radius 1 is 1.13 bits per heavy atom. The van der Waals surface area contributed by atoms with E-state index in [9.17, 15) is 0 Å². The Morgan fingerprint density at radius 2 is 1.80 bits per heavy atom. The average molecular weight is 208 g/mol. The van der Waals surface area contributed by atoms with Crippen LogP contribution in [0.15, 0.2) is 24.3 Å². The normalized spacial score (nSPS) is 17.1. The van der Waals surface area contributed by atoms with E-state index in [-0.39, 0.29) is 12.9 Å². The Labute approximate surface area is 89.6 Å². The van der Waals surface area contributed by atoms with E-state index >= 15 is 0 Å². The highest BCUT2D eigenvalue weighted by atomic mass is 16.7. The zero-order valence-electron chi connectivity index (χ0n) is 8.69. The van der Waals surface area contributed by atoms with Crippen LogP contribution in [-0.2, 0) is 22.3 Å². The highest BCUT2D eigenvalue weighted by Gasteiger charge is 2.17. The van der Waals surface area contributed by atoms with E-state index in [1.54, 1.807) is 0 Å². The van der Waals surface area contributed by atoms with Gasteiger partial charge in [0.2, 0.25) is 0 Å². The molecule has 1 aliphatic heterocycles. The first kappa shape index (κ1) is 10.6. The van der Waals surface area contributed by atoms with Crippen molar-refractivity contribution in [1.29, 1.82) is 0 Å². The molecule has 0 spiro atoms. The summed E-state index contributed by atoms with van der Waals surface area (Å²) in [6.45, 7) is 1.56. The van der Waals surface area contributed by atoms with Gasteiger partial charge < -0.3 is 14.6 Å². The van der Waals surface area contributed by atoms with Gasteiger partial charge in [-0.1, -0.05) is 24.3 Å². The van der Waals surface area contributed by atoms with Crippen LogP contribution in [0, 0.1) is 0 Å². The van der Waals surface area contributed by atoms with E-state index in [1.165, 1.54) is 11.1 Å². The van der Waals surface area contributed by atoms with Gasteiger partial charge in [0, 0.05) is 13.0 Å². The number of hydrogen-bond acceptors (Lipinski definition) is 3. The molecule has 0 aromatic heterocycles. The van der Waals surface area contributed by atoms with Crippen molar-refractivity contribution in [3.63, 3.8) is 0 Å². The van der Waals surface area contributed by atoms with Gasteiger partial charge in [0.25, 0.3) is 0 Å². The molecule has 15 heavy (non-hydrogen) atoms. The minimum absolute atomic E-state index is 0.107. The van der Waals surface area contributed by atoms with Crippen molar-refractivity contribution in [2.24, 2.45) is 0 Å². The Bertz CT molecular complexity index is 305. The fourth-order valence-corrected chi connectivity index (χ4v) is 1.83. The summed E-state index contributed by atoms with van der Waals surface area (Å²) in [6, 6.07) is 8.10. The molecular formula is C12H16O3. The number of ether oxygens (including phenoxy) is 2. The first-order valence-electron chi connectivity index (χ1n) is 5.31. The van der Waals surface area contributed by atoms with Gasteiger partial charge in [-0.2, -0.15) is 0 Å². The lowest BCUT2D eigenvalue weighted by Crippen LogP contribution is -2.13. The zero-order valence-corrected chi connectivity index (χ0v) is 8.69. The Kier molecular flexibility index (Phi) is 3.72. The SMILES string of the molecule is OCCc1ccccc1CC1OCCO1. The summed E-state index contributed by atoms with van der Waals surface area (Å²) in [5, 5.41) is 8.94. The van der Waals surface area contributed by atoms with Gasteiger partial charge in [0.05, 0.1) is 13.2 Å². The molecule has 0 bridgehead atoms. The maximum absolute atomic E-state index is 8.94. The van der Waals surface area contributed by atoms with E-state index in [0.717, 1.165) is 6.42 Å². The molecule has 82 valence electrons. The van der Waals surface area contributed by atoms with Crippen molar-refractivity contribution < 1.29 is 14.6 Å². The van der Waals surface area contributed by atoms with Gasteiger partial charge in [-0.05, 0) is 17.5 Å². The quantitative estimate of drug-likeness (QED) is 0.806. The summed E-state index contributed by atoms with van der Waals surface area (Å²) in [6.07, 6.45) is 1.36. The number of benzene rings is 1. The first-order valence-corrected chi connectivity index (χ1v) is 5.31. The number of rotatable bonds is 4. The van der Waals surface area contributed by atoms with Crippen LogP contribution in [0.4, 0.5) is 0 Å². The summed E-state index contributed by atoms with van der Waals surface area (Å²) in [5.74, 6) is 0. The summed E-state index contributed by atoms with van der Waals surface area (Å²) in [7, 11) is 0. The number of aliphatic hydroxyl groups is 1. The van der Waals surface area contributed by atoms with E-state index < -0.39 is 0 Å². The minimum Gasteiger partial charge on any atom is -0.396 e. The van der Waals surface area contributed by atoms with E-state index in [1.807, 2.05) is 18.2 Å². The fourth-order valence-electron chi connectivity index (χ4n) is 1.83. The molecule has 0 amide bonds. The highest BCUT2D eigenvalue weighted by Crippen LogP contribution is 2.16. The third-order valence-electron chi connectivity index (χ3n) is 2.58. The Balaban J connectivity index is 2.05. The number of aliphatic hydroxyl groups excluding tert-OH is 1. The largest absolute Gasteiger partial charge is 0.396 e. The van der Waals surface area contributed by atoms with Crippen LogP contribution in [0.5, 0.6) is 0 Å². The van der Waals surface area contributed by atoms with Gasteiger partial charge in [0.15, 0.2) is 6.29 Å². The predicted octanol–water partition coefficient (Wildman–Crippen LogP) is 1.14. The Morgan fingerprint density at radius 3 is 2.47 bits per heavy atom. The Hall–Kier alpha value is -0.900. The van der Waals surface area contributed by atoms with E-state index in [0.29, 0.717) is 19.6 Å². The molecule has 0 atom stereocenters. The van der Waals surface area contributed by atoms with E-state index in [4.69, 9.17) is 14.6 Å². The molecule has 0 unspecified atom stereocenters. The highest BCUT2D eigenvalue weighted by molar-refractivity contribution is 5.27. The van der Waals surface area contributed by atoms with Gasteiger partial charge in [-0.25, -0.2) is 0 Å². The van der Waals surface area contributed by atoms with Gasteiger partial charge >= 0.3 is 0 Å². The summed E-state index contributed by atoms with van der Waals surface area (Å²) in [4.78, 5) is 0. The van der Waals surface area contributed by atoms with Gasteiger partial charge in [-0.15, -0.1) is 0 Å². The smallest absolute Gasteiger partial charge is 0.161 e. The molecule has 3 heteroatoms. The van der Waals surface area contributed by atoms with E-state index in [2.05, 4.69) is 6.07 Å². The van der Waals surface area contributed by atoms with Crippen molar-refractivity contribution in [2.75, 3.05) is 19.8 Å². The average Bonchev–Trinajstić information content (AvgIpc) is 2.74. The molecule has 1 aromatic carbocycles. The zero-order chi connectivity index (χ0) is 10.5. The topological polar surface area (TPSA) is 38.7 Å². The second kappa shape index (κ2) is 5.26. The number of hydrogen-bond donors (Lipinski definition) is 1. The maximum Gasteiger partial charge on any atom is 0.161 e. The lowest BCUT2D eigenvalue weighted by atomic mass is 10.0. The molecular weight excluding hydrogens is 192 g/mol. The van der Waals surface area contributed by atoms with Crippen LogP contribution < -0.4 is 0 Å². The summed E-state index contributed by atoms with van der Waals surface area (Å²) in [5.41, 5.74) is 2.39. The van der Waals surface area contributed by atoms with Gasteiger partial charge in [-0.3, -0.25) is 0 Å². The molecule has 0 aliphatic carbocycles. The molecule has 1 heterocycles. The molecule has 0 radical (unpaired) electrons. The maximum atomic E-state index is 8.94. The van der Waals surface area contributed by atoms with Crippen molar-refractivity contribution >= 4 is 0 Å². The summed E-state index contributed by atoms with van der Waals surface area (Å²) < 4.78 is 10.8. The van der Waals surface area contributed by atoms with Crippen LogP contribution in [0.25, 0.3) is 0 Å². The van der Waals surface area contributed by atoms with Crippen LogP contribution in [0.3, 0.4) is 0 Å². The lowest BCUT2D eigenvalue weighted by Gasteiger charge is -2.12. The van der Waals surface area contributed by atoms with Crippen LogP contribution in [0.2, 0.25) is 0 Å². The minimum atomic E-state index is -0.107. The second-order valence-electron chi connectivity index (χ2n) is 3.62. The van der Waals surface area contributed by atoms with Crippen molar-refractivity contribution in [3.8, 4) is 0 Å². The third kappa shape index (κ3) is 2.78. The van der Waals surface area contributed by atoms with Crippen molar-refractivity contribution in [2.45, 2.75) is 19.1 Å². The molecule has 3 nitrogen and oxygen atoms in total. The second-order valence-corrected chi connectivity index (χ2v) is 3.62. The summed E-state index contributed by atoms with van der Waals surface area (Å²) >= 11 is 0. The van der Waals surface area contributed by atoms with Crippen molar-refractivity contribution in [3.05, 3.63) is 35.4 Å². The molecule has 1 N–H and O–H groups in total. The van der Waals surface area contributed by atoms with Gasteiger partial charge in [0.1, 0.15) is 0 Å². The monoisotopic (exact) mass is 208 g/mol. The van der Waals surface area contributed by atoms with Crippen LogP contribution >= 0.6 is 0 Å². The lowest BCUT2D eigenvalue weighted by molar-refractivity contribution is -0.0401. The predicted molar refractivity (Wildman–Crippen MR) is 56.6 cm³/mol. The molecule has 1 aliphatic rings. The van der Waals surface area contributed by atoms with Crippen LogP contribution in [0.1, 0.15) is 11.1 Å². The molecule has 2 rings (SSSR count). The standard InChI is InChI=1S/C12H16O3/c13-6-5-10-3-1-2-4-11(10)9-12-14-7-8-15-12/h1-4,12-13H,5-9H2. The van der Waals surface area contributed by atoms with Crippen LogP contribution in [-0.4, -0.2) is 31.2 Å². The van der Waals surface area contributed by atoms with Crippen molar-refractivity contribution in [1.82, 2.24) is 0 Å². The molecule has 1 aromatic rings. The third-order valence-corrected chi connectivity index (χ3v) is 2.58. The first-order chi connectivity index (χ1) is 7.40. The fraction of sp³-hybridized carbons (Fsp3) is 0.500. The molecule has 1 saturated heterocycles.